The van der Waals surface area contributed by atoms with Crippen molar-refractivity contribution in [2.75, 3.05) is 0 Å². The van der Waals surface area contributed by atoms with Gasteiger partial charge in [-0.2, -0.15) is 0 Å². The summed E-state index contributed by atoms with van der Waals surface area (Å²) in [7, 11) is 0. The predicted octanol–water partition coefficient (Wildman–Crippen LogP) is 2.47. The average molecular weight is 299 g/mol. The minimum absolute atomic E-state index is 0.0537. The molecular weight excluding hydrogens is 282 g/mol. The molecule has 0 bridgehead atoms. The van der Waals surface area contributed by atoms with E-state index >= 15 is 0 Å². The SMILES string of the molecule is O=C(O)c1cccn([C@H]2CC[C@H]2OCc2ccccc2)c1=O. The van der Waals surface area contributed by atoms with Crippen LogP contribution in [0.2, 0.25) is 0 Å². The summed E-state index contributed by atoms with van der Waals surface area (Å²) in [6.45, 7) is 0.495. The summed E-state index contributed by atoms with van der Waals surface area (Å²) < 4.78 is 7.37. The second-order valence-electron chi connectivity index (χ2n) is 5.42. The number of carboxylic acid groups (broad SMARTS) is 1. The smallest absolute Gasteiger partial charge is 0.341 e. The molecule has 114 valence electrons. The van der Waals surface area contributed by atoms with E-state index in [0.717, 1.165) is 18.4 Å². The molecule has 5 nitrogen and oxygen atoms in total. The second kappa shape index (κ2) is 6.15. The maximum absolute atomic E-state index is 12.2. The number of carbonyl (C=O) groups is 1. The van der Waals surface area contributed by atoms with Gasteiger partial charge in [0.05, 0.1) is 18.8 Å². The molecule has 1 N–H and O–H groups in total. The van der Waals surface area contributed by atoms with Crippen LogP contribution in [0.1, 0.15) is 34.8 Å². The quantitative estimate of drug-likeness (QED) is 0.921. The number of hydrogen-bond acceptors (Lipinski definition) is 3. The number of aromatic nitrogens is 1. The van der Waals surface area contributed by atoms with Crippen molar-refractivity contribution >= 4 is 5.97 Å². The Morgan fingerprint density at radius 2 is 1.95 bits per heavy atom. The average Bonchev–Trinajstić information content (AvgIpc) is 2.49. The van der Waals surface area contributed by atoms with E-state index in [9.17, 15) is 9.59 Å². The molecule has 0 saturated heterocycles. The van der Waals surface area contributed by atoms with Gasteiger partial charge >= 0.3 is 5.97 Å². The van der Waals surface area contributed by atoms with Gasteiger partial charge in [-0.05, 0) is 30.5 Å². The number of ether oxygens (including phenoxy) is 1. The Bertz CT molecular complexity index is 723. The van der Waals surface area contributed by atoms with Crippen LogP contribution < -0.4 is 5.56 Å². The van der Waals surface area contributed by atoms with Crippen LogP contribution in [-0.4, -0.2) is 21.7 Å². The van der Waals surface area contributed by atoms with Crippen molar-refractivity contribution in [2.24, 2.45) is 0 Å². The van der Waals surface area contributed by atoms with E-state index in [4.69, 9.17) is 9.84 Å². The lowest BCUT2D eigenvalue weighted by atomic mass is 9.88. The molecule has 2 aromatic rings. The van der Waals surface area contributed by atoms with Crippen molar-refractivity contribution in [1.29, 1.82) is 0 Å². The first-order valence-electron chi connectivity index (χ1n) is 7.27. The zero-order valence-corrected chi connectivity index (χ0v) is 12.0. The number of nitrogens with zero attached hydrogens (tertiary/aromatic N) is 1. The van der Waals surface area contributed by atoms with Crippen LogP contribution >= 0.6 is 0 Å². The maximum atomic E-state index is 12.2. The van der Waals surface area contributed by atoms with Gasteiger partial charge < -0.3 is 14.4 Å². The summed E-state index contributed by atoms with van der Waals surface area (Å²) in [5.41, 5.74) is 0.420. The van der Waals surface area contributed by atoms with Gasteiger partial charge in [0.2, 0.25) is 0 Å². The third-order valence-electron chi connectivity index (χ3n) is 4.05. The molecule has 1 fully saturated rings. The van der Waals surface area contributed by atoms with E-state index in [0.29, 0.717) is 6.61 Å². The van der Waals surface area contributed by atoms with E-state index < -0.39 is 11.5 Å². The van der Waals surface area contributed by atoms with Crippen LogP contribution in [0.5, 0.6) is 0 Å². The first-order valence-corrected chi connectivity index (χ1v) is 7.27. The van der Waals surface area contributed by atoms with Gasteiger partial charge in [0.15, 0.2) is 0 Å². The lowest BCUT2D eigenvalue weighted by Crippen LogP contribution is -2.42. The lowest BCUT2D eigenvalue weighted by molar-refractivity contribution is -0.0504. The fourth-order valence-electron chi connectivity index (χ4n) is 2.68. The molecular formula is C17H17NO4. The van der Waals surface area contributed by atoms with E-state index in [2.05, 4.69) is 0 Å². The topological polar surface area (TPSA) is 68.5 Å². The summed E-state index contributed by atoms with van der Waals surface area (Å²) >= 11 is 0. The molecule has 0 unspecified atom stereocenters. The van der Waals surface area contributed by atoms with Crippen LogP contribution in [0.4, 0.5) is 0 Å². The third kappa shape index (κ3) is 2.80. The van der Waals surface area contributed by atoms with E-state index in [1.54, 1.807) is 12.3 Å². The van der Waals surface area contributed by atoms with Crippen molar-refractivity contribution in [3.63, 3.8) is 0 Å². The van der Waals surface area contributed by atoms with Crippen molar-refractivity contribution < 1.29 is 14.6 Å². The number of hydrogen-bond donors (Lipinski definition) is 1. The molecule has 22 heavy (non-hydrogen) atoms. The van der Waals surface area contributed by atoms with Gasteiger partial charge in [-0.1, -0.05) is 30.3 Å². The normalized spacial score (nSPS) is 20.4. The Hall–Kier alpha value is -2.40. The standard InChI is InChI=1S/C17H17NO4/c19-16-13(17(20)21)7-4-10-18(16)14-8-9-15(14)22-11-12-5-2-1-3-6-12/h1-7,10,14-15H,8-9,11H2,(H,20,21)/t14-,15+/m0/s1. The molecule has 1 aliphatic carbocycles. The lowest BCUT2D eigenvalue weighted by Gasteiger charge is -2.37. The molecule has 5 heteroatoms. The van der Waals surface area contributed by atoms with Gasteiger partial charge in [0, 0.05) is 6.20 Å². The highest BCUT2D eigenvalue weighted by atomic mass is 16.5. The van der Waals surface area contributed by atoms with E-state index in [1.165, 1.54) is 10.6 Å². The highest BCUT2D eigenvalue weighted by Gasteiger charge is 2.34. The van der Waals surface area contributed by atoms with Crippen molar-refractivity contribution in [1.82, 2.24) is 4.57 Å². The van der Waals surface area contributed by atoms with Crippen LogP contribution in [-0.2, 0) is 11.3 Å². The Morgan fingerprint density at radius 1 is 1.18 bits per heavy atom. The molecule has 1 aliphatic rings. The zero-order chi connectivity index (χ0) is 15.5. The first-order chi connectivity index (χ1) is 10.7. The minimum atomic E-state index is -1.19. The minimum Gasteiger partial charge on any atom is -0.477 e. The van der Waals surface area contributed by atoms with Gasteiger partial charge in [-0.3, -0.25) is 4.79 Å². The summed E-state index contributed by atoms with van der Waals surface area (Å²) in [4.78, 5) is 23.2. The van der Waals surface area contributed by atoms with E-state index in [1.807, 2.05) is 30.3 Å². The van der Waals surface area contributed by atoms with Crippen molar-refractivity contribution in [3.05, 3.63) is 70.1 Å². The predicted molar refractivity (Wildman–Crippen MR) is 81.0 cm³/mol. The second-order valence-corrected chi connectivity index (χ2v) is 5.42. The number of benzene rings is 1. The fourth-order valence-corrected chi connectivity index (χ4v) is 2.68. The summed E-state index contributed by atoms with van der Waals surface area (Å²) in [5, 5.41) is 9.04. The van der Waals surface area contributed by atoms with Crippen LogP contribution in [0, 0.1) is 0 Å². The van der Waals surface area contributed by atoms with Crippen molar-refractivity contribution in [3.8, 4) is 0 Å². The van der Waals surface area contributed by atoms with E-state index in [-0.39, 0.29) is 17.7 Å². The van der Waals surface area contributed by atoms with Crippen LogP contribution in [0.3, 0.4) is 0 Å². The van der Waals surface area contributed by atoms with Crippen LogP contribution in [0.25, 0.3) is 0 Å². The molecule has 3 rings (SSSR count). The molecule has 1 aromatic heterocycles. The maximum Gasteiger partial charge on any atom is 0.341 e. The summed E-state index contributed by atoms with van der Waals surface area (Å²) in [5.74, 6) is -1.19. The first kappa shape index (κ1) is 14.5. The largest absolute Gasteiger partial charge is 0.477 e. The Morgan fingerprint density at radius 3 is 2.59 bits per heavy atom. The molecule has 1 saturated carbocycles. The molecule has 0 spiro atoms. The third-order valence-corrected chi connectivity index (χ3v) is 4.05. The van der Waals surface area contributed by atoms with Gasteiger partial charge in [-0.25, -0.2) is 4.79 Å². The fraction of sp³-hybridized carbons (Fsp3) is 0.294. The molecule has 1 aromatic carbocycles. The Kier molecular flexibility index (Phi) is 4.06. The van der Waals surface area contributed by atoms with Gasteiger partial charge in [0.25, 0.3) is 5.56 Å². The van der Waals surface area contributed by atoms with Gasteiger partial charge in [0.1, 0.15) is 5.56 Å². The summed E-state index contributed by atoms with van der Waals surface area (Å²) in [6, 6.07) is 12.7. The zero-order valence-electron chi connectivity index (χ0n) is 12.0. The highest BCUT2D eigenvalue weighted by Crippen LogP contribution is 2.34. The monoisotopic (exact) mass is 299 g/mol. The molecule has 0 radical (unpaired) electrons. The highest BCUT2D eigenvalue weighted by molar-refractivity contribution is 5.86. The number of rotatable bonds is 5. The molecule has 0 amide bonds. The van der Waals surface area contributed by atoms with Crippen LogP contribution in [0.15, 0.2) is 53.5 Å². The molecule has 0 aliphatic heterocycles. The Balaban J connectivity index is 1.72. The Labute approximate surface area is 127 Å². The number of carboxylic acids is 1. The van der Waals surface area contributed by atoms with Gasteiger partial charge in [-0.15, -0.1) is 0 Å². The summed E-state index contributed by atoms with van der Waals surface area (Å²) in [6.07, 6.45) is 3.28. The number of aromatic carboxylic acids is 1. The number of pyridine rings is 1. The molecule has 1 heterocycles. The molecule has 2 atom stereocenters. The van der Waals surface area contributed by atoms with Crippen molar-refractivity contribution in [2.45, 2.75) is 31.6 Å².